The van der Waals surface area contributed by atoms with Crippen LogP contribution in [-0.4, -0.2) is 20.7 Å². The Labute approximate surface area is 223 Å². The zero-order chi connectivity index (χ0) is 24.4. The first-order chi connectivity index (χ1) is 16.2. The smallest absolute Gasteiger partial charge is 0.293 e. The lowest BCUT2D eigenvalue weighted by molar-refractivity contribution is 0.0991. The highest BCUT2D eigenvalue weighted by atomic mass is 35.5. The maximum Gasteiger partial charge on any atom is 0.293 e. The highest BCUT2D eigenvalue weighted by molar-refractivity contribution is 6.55. The average Bonchev–Trinajstić information content (AvgIpc) is 3.47. The zero-order valence-electron chi connectivity index (χ0n) is 16.8. The van der Waals surface area contributed by atoms with Crippen molar-refractivity contribution in [3.8, 4) is 5.75 Å². The highest BCUT2D eigenvalue weighted by Crippen LogP contribution is 2.48. The van der Waals surface area contributed by atoms with Crippen LogP contribution in [0.4, 0.5) is 5.95 Å². The van der Waals surface area contributed by atoms with Gasteiger partial charge in [0.15, 0.2) is 11.5 Å². The molecule has 4 rings (SSSR count). The van der Waals surface area contributed by atoms with Crippen LogP contribution in [0.5, 0.6) is 5.75 Å². The molecule has 34 heavy (non-hydrogen) atoms. The third-order valence-corrected chi connectivity index (χ3v) is 6.93. The predicted octanol–water partition coefficient (Wildman–Crippen LogP) is 7.67. The number of halogens is 6. The van der Waals surface area contributed by atoms with Crippen molar-refractivity contribution in [3.63, 3.8) is 0 Å². The van der Waals surface area contributed by atoms with Crippen LogP contribution in [0.15, 0.2) is 47.1 Å². The standard InChI is InChI=1S/C21H12Cl6N4O3/c22-11-3-1-10(2-4-11)7-31-9-28-21(30-31)29-20(32)13-6-5-12(34-13)8-33-19-17(26)15(24)14(23)16(25)18(19)27/h1-6,9H,7-8H2,(H,29,30,32). The molecule has 176 valence electrons. The third-order valence-electron chi connectivity index (χ3n) is 4.43. The van der Waals surface area contributed by atoms with Gasteiger partial charge in [0.1, 0.15) is 28.7 Å². The van der Waals surface area contributed by atoms with Crippen LogP contribution in [0.3, 0.4) is 0 Å². The number of carbonyl (C=O) groups excluding carboxylic acids is 1. The number of carbonyl (C=O) groups is 1. The quantitative estimate of drug-likeness (QED) is 0.179. The molecule has 0 radical (unpaired) electrons. The molecule has 13 heteroatoms. The molecular weight excluding hydrogens is 569 g/mol. The lowest BCUT2D eigenvalue weighted by Crippen LogP contribution is -2.12. The molecule has 0 atom stereocenters. The molecule has 0 spiro atoms. The lowest BCUT2D eigenvalue weighted by atomic mass is 10.2. The Hall–Kier alpha value is -2.13. The van der Waals surface area contributed by atoms with Crippen LogP contribution < -0.4 is 10.1 Å². The van der Waals surface area contributed by atoms with Crippen molar-refractivity contribution >= 4 is 81.5 Å². The number of nitrogens with one attached hydrogen (secondary N) is 1. The summed E-state index contributed by atoms with van der Waals surface area (Å²) in [6.45, 7) is 0.362. The first kappa shape index (κ1) is 25.0. The maximum absolute atomic E-state index is 12.5. The summed E-state index contributed by atoms with van der Waals surface area (Å²) in [5, 5.41) is 7.49. The van der Waals surface area contributed by atoms with Crippen molar-refractivity contribution in [1.82, 2.24) is 14.8 Å². The highest BCUT2D eigenvalue weighted by Gasteiger charge is 2.21. The van der Waals surface area contributed by atoms with Gasteiger partial charge in [0.25, 0.3) is 5.91 Å². The Morgan fingerprint density at radius 1 is 0.912 bits per heavy atom. The molecule has 7 nitrogen and oxygen atoms in total. The normalized spacial score (nSPS) is 11.0. The average molecular weight is 581 g/mol. The number of ether oxygens (including phenoxy) is 1. The Balaban J connectivity index is 1.38. The van der Waals surface area contributed by atoms with E-state index in [9.17, 15) is 4.79 Å². The number of rotatable bonds is 7. The minimum absolute atomic E-state index is 0.00542. The Bertz CT molecular complexity index is 1320. The van der Waals surface area contributed by atoms with E-state index in [1.165, 1.54) is 12.4 Å². The first-order valence-corrected chi connectivity index (χ1v) is 11.7. The Morgan fingerprint density at radius 2 is 1.56 bits per heavy atom. The minimum Gasteiger partial charge on any atom is -0.482 e. The van der Waals surface area contributed by atoms with E-state index < -0.39 is 5.91 Å². The number of benzene rings is 2. The van der Waals surface area contributed by atoms with Crippen molar-refractivity contribution in [1.29, 1.82) is 0 Å². The van der Waals surface area contributed by atoms with Gasteiger partial charge in [0.05, 0.1) is 21.6 Å². The summed E-state index contributed by atoms with van der Waals surface area (Å²) < 4.78 is 12.7. The van der Waals surface area contributed by atoms with Gasteiger partial charge >= 0.3 is 0 Å². The topological polar surface area (TPSA) is 82.2 Å². The van der Waals surface area contributed by atoms with E-state index in [-0.39, 0.29) is 49.2 Å². The van der Waals surface area contributed by atoms with Crippen molar-refractivity contribution < 1.29 is 13.9 Å². The molecule has 0 aliphatic rings. The van der Waals surface area contributed by atoms with Crippen LogP contribution in [0, 0.1) is 0 Å². The zero-order valence-corrected chi connectivity index (χ0v) is 21.3. The fourth-order valence-electron chi connectivity index (χ4n) is 2.80. The van der Waals surface area contributed by atoms with Gasteiger partial charge in [-0.2, -0.15) is 0 Å². The molecule has 0 fully saturated rings. The molecule has 4 aromatic rings. The van der Waals surface area contributed by atoms with E-state index in [0.29, 0.717) is 17.3 Å². The molecule has 0 aliphatic carbocycles. The number of aromatic nitrogens is 3. The predicted molar refractivity (Wildman–Crippen MR) is 133 cm³/mol. The number of hydrogen-bond donors (Lipinski definition) is 1. The summed E-state index contributed by atoms with van der Waals surface area (Å²) in [4.78, 5) is 16.6. The second kappa shape index (κ2) is 10.6. The van der Waals surface area contributed by atoms with Gasteiger partial charge in [-0.05, 0) is 29.8 Å². The van der Waals surface area contributed by atoms with Crippen molar-refractivity contribution in [2.45, 2.75) is 13.2 Å². The van der Waals surface area contributed by atoms with E-state index in [0.717, 1.165) is 5.56 Å². The van der Waals surface area contributed by atoms with E-state index in [1.807, 2.05) is 12.1 Å². The summed E-state index contributed by atoms with van der Waals surface area (Å²) in [6, 6.07) is 10.4. The molecule has 2 aromatic heterocycles. The van der Waals surface area contributed by atoms with E-state index in [2.05, 4.69) is 15.4 Å². The number of furan rings is 1. The first-order valence-electron chi connectivity index (χ1n) is 9.41. The van der Waals surface area contributed by atoms with Gasteiger partial charge in [-0.15, -0.1) is 5.10 Å². The van der Waals surface area contributed by atoms with Crippen molar-refractivity contribution in [2.24, 2.45) is 0 Å². The molecule has 2 aromatic carbocycles. The fraction of sp³-hybridized carbons (Fsp3) is 0.0952. The molecule has 0 unspecified atom stereocenters. The summed E-state index contributed by atoms with van der Waals surface area (Å²) in [5.41, 5.74) is 0.978. The Morgan fingerprint density at radius 3 is 2.24 bits per heavy atom. The second-order valence-electron chi connectivity index (χ2n) is 6.80. The van der Waals surface area contributed by atoms with Crippen LogP contribution in [0.25, 0.3) is 0 Å². The molecule has 0 bridgehead atoms. The summed E-state index contributed by atoms with van der Waals surface area (Å²) >= 11 is 36.2. The van der Waals surface area contributed by atoms with Gasteiger partial charge in [0.2, 0.25) is 5.95 Å². The van der Waals surface area contributed by atoms with Gasteiger partial charge < -0.3 is 9.15 Å². The van der Waals surface area contributed by atoms with Crippen molar-refractivity contribution in [2.75, 3.05) is 5.32 Å². The number of nitrogens with zero attached hydrogens (tertiary/aromatic N) is 3. The molecular formula is C21H12Cl6N4O3. The van der Waals surface area contributed by atoms with Gasteiger partial charge in [-0.25, -0.2) is 9.67 Å². The minimum atomic E-state index is -0.538. The molecule has 2 heterocycles. The van der Waals surface area contributed by atoms with Crippen LogP contribution in [0.2, 0.25) is 30.1 Å². The van der Waals surface area contributed by atoms with Crippen molar-refractivity contribution in [3.05, 3.63) is 89.9 Å². The number of anilines is 1. The SMILES string of the molecule is O=C(Nc1ncn(Cc2ccc(Cl)cc2)n1)c1ccc(COc2c(Cl)c(Cl)c(Cl)c(Cl)c2Cl)o1. The van der Waals surface area contributed by atoms with E-state index in [4.69, 9.17) is 78.8 Å². The monoisotopic (exact) mass is 578 g/mol. The molecule has 0 saturated heterocycles. The second-order valence-corrected chi connectivity index (χ2v) is 9.13. The van der Waals surface area contributed by atoms with Crippen LogP contribution >= 0.6 is 69.6 Å². The van der Waals surface area contributed by atoms with Gasteiger partial charge in [0, 0.05) is 5.02 Å². The fourth-order valence-corrected chi connectivity index (χ4v) is 4.16. The van der Waals surface area contributed by atoms with Gasteiger partial charge in [-0.1, -0.05) is 81.7 Å². The molecule has 0 aliphatic heterocycles. The largest absolute Gasteiger partial charge is 0.482 e. The van der Waals surface area contributed by atoms with E-state index >= 15 is 0 Å². The number of amides is 1. The van der Waals surface area contributed by atoms with E-state index in [1.54, 1.807) is 22.9 Å². The molecule has 0 saturated carbocycles. The lowest BCUT2D eigenvalue weighted by Gasteiger charge is -2.12. The third kappa shape index (κ3) is 5.57. The summed E-state index contributed by atoms with van der Waals surface area (Å²) in [6.07, 6.45) is 1.50. The molecule has 1 N–H and O–H groups in total. The van der Waals surface area contributed by atoms with Gasteiger partial charge in [-0.3, -0.25) is 10.1 Å². The van der Waals surface area contributed by atoms with Crippen LogP contribution in [-0.2, 0) is 13.2 Å². The van der Waals surface area contributed by atoms with Crippen LogP contribution in [0.1, 0.15) is 21.9 Å². The molecule has 1 amide bonds. The summed E-state index contributed by atoms with van der Waals surface area (Å²) in [5.74, 6) is -0.0282. The number of hydrogen-bond acceptors (Lipinski definition) is 5. The maximum atomic E-state index is 12.5. The summed E-state index contributed by atoms with van der Waals surface area (Å²) in [7, 11) is 0. The Kier molecular flexibility index (Phi) is 7.82.